The quantitative estimate of drug-likeness (QED) is 0.331. The van der Waals surface area contributed by atoms with Gasteiger partial charge in [0.25, 0.3) is 11.8 Å². The molecular formula is C33H29N3O4. The zero-order valence-electron chi connectivity index (χ0n) is 22.1. The van der Waals surface area contributed by atoms with Crippen molar-refractivity contribution < 1.29 is 19.1 Å². The topological polar surface area (TPSA) is 79.0 Å². The fraction of sp³-hybridized carbons (Fsp3) is 0.182. The molecule has 1 N–H and O–H groups in total. The van der Waals surface area contributed by atoms with Gasteiger partial charge in [-0.25, -0.2) is 0 Å². The second-order valence-electron chi connectivity index (χ2n) is 10.1. The molecule has 2 unspecified atom stereocenters. The van der Waals surface area contributed by atoms with Gasteiger partial charge in [0.1, 0.15) is 6.10 Å². The summed E-state index contributed by atoms with van der Waals surface area (Å²) in [5.41, 5.74) is 5.33. The van der Waals surface area contributed by atoms with Crippen LogP contribution in [0, 0.1) is 0 Å². The van der Waals surface area contributed by atoms with E-state index in [2.05, 4.69) is 10.2 Å². The summed E-state index contributed by atoms with van der Waals surface area (Å²) in [6.07, 6.45) is 0.480. The van der Waals surface area contributed by atoms with E-state index in [1.807, 2.05) is 78.9 Å². The van der Waals surface area contributed by atoms with Gasteiger partial charge in [-0.1, -0.05) is 60.7 Å². The summed E-state index contributed by atoms with van der Waals surface area (Å²) in [4.78, 5) is 42.5. The normalized spacial score (nSPS) is 17.5. The first-order chi connectivity index (χ1) is 19.5. The van der Waals surface area contributed by atoms with Gasteiger partial charge in [0, 0.05) is 36.7 Å². The molecule has 7 heteroatoms. The number of rotatable bonds is 5. The molecule has 200 valence electrons. The highest BCUT2D eigenvalue weighted by molar-refractivity contribution is 6.10. The van der Waals surface area contributed by atoms with Crippen LogP contribution in [0.25, 0.3) is 11.1 Å². The van der Waals surface area contributed by atoms with Crippen molar-refractivity contribution in [3.05, 3.63) is 114 Å². The molecule has 1 saturated heterocycles. The fourth-order valence-electron chi connectivity index (χ4n) is 5.70. The molecule has 2 heterocycles. The van der Waals surface area contributed by atoms with Gasteiger partial charge in [0.2, 0.25) is 0 Å². The van der Waals surface area contributed by atoms with E-state index in [4.69, 9.17) is 4.74 Å². The van der Waals surface area contributed by atoms with E-state index in [1.54, 1.807) is 29.2 Å². The SMILES string of the molecule is CC(=O)OC1CC2CN(C(=O)c3ccc(NC(=O)c4ccccc4-c4ccccc4)cc3)c3ccccc3N2C1. The number of hydrogen-bond donors (Lipinski definition) is 1. The van der Waals surface area contributed by atoms with Crippen LogP contribution < -0.4 is 15.1 Å². The highest BCUT2D eigenvalue weighted by Crippen LogP contribution is 2.40. The van der Waals surface area contributed by atoms with Gasteiger partial charge in [-0.15, -0.1) is 0 Å². The van der Waals surface area contributed by atoms with E-state index < -0.39 is 0 Å². The number of nitrogens with one attached hydrogen (secondary N) is 1. The highest BCUT2D eigenvalue weighted by Gasteiger charge is 2.41. The molecule has 2 atom stereocenters. The van der Waals surface area contributed by atoms with Crippen LogP contribution in [0.1, 0.15) is 34.1 Å². The smallest absolute Gasteiger partial charge is 0.302 e. The van der Waals surface area contributed by atoms with Crippen molar-refractivity contribution in [2.45, 2.75) is 25.5 Å². The molecule has 0 radical (unpaired) electrons. The molecule has 2 amide bonds. The Morgan fingerprint density at radius 3 is 2.20 bits per heavy atom. The van der Waals surface area contributed by atoms with E-state index in [9.17, 15) is 14.4 Å². The molecule has 4 aromatic carbocycles. The van der Waals surface area contributed by atoms with Crippen LogP contribution in [0.4, 0.5) is 17.1 Å². The Bertz CT molecular complexity index is 1570. The number of ether oxygens (including phenoxy) is 1. The minimum atomic E-state index is -0.290. The third kappa shape index (κ3) is 4.94. The van der Waals surface area contributed by atoms with Gasteiger partial charge in [0.05, 0.1) is 24.0 Å². The molecule has 1 fully saturated rings. The van der Waals surface area contributed by atoms with Crippen molar-refractivity contribution in [2.24, 2.45) is 0 Å². The van der Waals surface area contributed by atoms with Gasteiger partial charge >= 0.3 is 5.97 Å². The maximum Gasteiger partial charge on any atom is 0.302 e. The number of carbonyl (C=O) groups excluding carboxylic acids is 3. The third-order valence-corrected chi connectivity index (χ3v) is 7.48. The average Bonchev–Trinajstić information content (AvgIpc) is 3.39. The van der Waals surface area contributed by atoms with Crippen LogP contribution in [0.5, 0.6) is 0 Å². The summed E-state index contributed by atoms with van der Waals surface area (Å²) in [7, 11) is 0. The van der Waals surface area contributed by atoms with Crippen LogP contribution in [0.2, 0.25) is 0 Å². The van der Waals surface area contributed by atoms with Crippen molar-refractivity contribution in [1.29, 1.82) is 0 Å². The molecule has 6 rings (SSSR count). The van der Waals surface area contributed by atoms with Crippen molar-refractivity contribution in [1.82, 2.24) is 0 Å². The van der Waals surface area contributed by atoms with Crippen LogP contribution in [-0.2, 0) is 9.53 Å². The highest BCUT2D eigenvalue weighted by atomic mass is 16.5. The Kier molecular flexibility index (Phi) is 6.78. The van der Waals surface area contributed by atoms with E-state index in [0.717, 1.165) is 22.5 Å². The Balaban J connectivity index is 1.19. The second kappa shape index (κ2) is 10.7. The number of para-hydroxylation sites is 2. The Morgan fingerprint density at radius 2 is 1.45 bits per heavy atom. The van der Waals surface area contributed by atoms with E-state index in [0.29, 0.717) is 36.3 Å². The van der Waals surface area contributed by atoms with E-state index in [1.165, 1.54) is 6.92 Å². The molecule has 0 bridgehead atoms. The molecular weight excluding hydrogens is 502 g/mol. The van der Waals surface area contributed by atoms with Crippen LogP contribution in [-0.4, -0.2) is 43.0 Å². The predicted octanol–water partition coefficient (Wildman–Crippen LogP) is 5.78. The summed E-state index contributed by atoms with van der Waals surface area (Å²) in [5, 5.41) is 2.97. The minimum absolute atomic E-state index is 0.0615. The zero-order chi connectivity index (χ0) is 27.6. The summed E-state index contributed by atoms with van der Waals surface area (Å²) in [6.45, 7) is 2.54. The molecule has 0 saturated carbocycles. The maximum atomic E-state index is 13.7. The first kappa shape index (κ1) is 25.4. The largest absolute Gasteiger partial charge is 0.461 e. The molecule has 7 nitrogen and oxygen atoms in total. The number of nitrogens with zero attached hydrogens (tertiary/aromatic N) is 2. The lowest BCUT2D eigenvalue weighted by atomic mass is 9.99. The average molecular weight is 532 g/mol. The van der Waals surface area contributed by atoms with Crippen molar-refractivity contribution in [3.8, 4) is 11.1 Å². The monoisotopic (exact) mass is 531 g/mol. The lowest BCUT2D eigenvalue weighted by molar-refractivity contribution is -0.145. The first-order valence-corrected chi connectivity index (χ1v) is 13.4. The predicted molar refractivity (Wildman–Crippen MR) is 156 cm³/mol. The summed E-state index contributed by atoms with van der Waals surface area (Å²) >= 11 is 0. The molecule has 4 aromatic rings. The Labute approximate surface area is 233 Å². The van der Waals surface area contributed by atoms with Crippen molar-refractivity contribution in [2.75, 3.05) is 28.2 Å². The van der Waals surface area contributed by atoms with Crippen LogP contribution in [0.3, 0.4) is 0 Å². The van der Waals surface area contributed by atoms with E-state index >= 15 is 0 Å². The molecule has 2 aliphatic heterocycles. The van der Waals surface area contributed by atoms with Gasteiger partial charge in [0.15, 0.2) is 0 Å². The number of anilines is 3. The number of benzene rings is 4. The number of carbonyl (C=O) groups is 3. The third-order valence-electron chi connectivity index (χ3n) is 7.48. The van der Waals surface area contributed by atoms with Gasteiger partial charge < -0.3 is 19.9 Å². The lowest BCUT2D eigenvalue weighted by Gasteiger charge is -2.40. The summed E-state index contributed by atoms with van der Waals surface area (Å²) in [5.74, 6) is -0.621. The van der Waals surface area contributed by atoms with Gasteiger partial charge in [-0.2, -0.15) is 0 Å². The molecule has 0 spiro atoms. The van der Waals surface area contributed by atoms with Crippen molar-refractivity contribution >= 4 is 34.8 Å². The standard InChI is InChI=1S/C33H29N3O4/c1-22(37)40-27-19-26-20-36(31-14-8-7-13-30(31)35(26)21-27)33(39)24-15-17-25(18-16-24)34-32(38)29-12-6-5-11-28(29)23-9-3-2-4-10-23/h2-18,26-27H,19-21H2,1H3,(H,34,38). The number of amides is 2. The van der Waals surface area contributed by atoms with Crippen LogP contribution in [0.15, 0.2) is 103 Å². The zero-order valence-corrected chi connectivity index (χ0v) is 22.1. The minimum Gasteiger partial charge on any atom is -0.461 e. The molecule has 2 aliphatic rings. The van der Waals surface area contributed by atoms with Gasteiger partial charge in [-0.05, 0) is 53.6 Å². The Hall–Kier alpha value is -4.91. The number of esters is 1. The number of fused-ring (bicyclic) bond motifs is 3. The molecule has 0 aromatic heterocycles. The van der Waals surface area contributed by atoms with Crippen molar-refractivity contribution in [3.63, 3.8) is 0 Å². The summed E-state index contributed by atoms with van der Waals surface area (Å²) < 4.78 is 5.49. The van der Waals surface area contributed by atoms with E-state index in [-0.39, 0.29) is 29.9 Å². The fourth-order valence-corrected chi connectivity index (χ4v) is 5.70. The van der Waals surface area contributed by atoms with Gasteiger partial charge in [-0.3, -0.25) is 14.4 Å². The van der Waals surface area contributed by atoms with Crippen LogP contribution >= 0.6 is 0 Å². The molecule has 0 aliphatic carbocycles. The maximum absolute atomic E-state index is 13.7. The Morgan fingerprint density at radius 1 is 0.775 bits per heavy atom. The number of hydrogen-bond acceptors (Lipinski definition) is 5. The summed E-state index contributed by atoms with van der Waals surface area (Å²) in [6, 6.07) is 32.2. The molecule has 40 heavy (non-hydrogen) atoms. The second-order valence-corrected chi connectivity index (χ2v) is 10.1. The lowest BCUT2D eigenvalue weighted by Crippen LogP contribution is -2.48. The first-order valence-electron chi connectivity index (χ1n) is 13.4.